The average Bonchev–Trinajstić information content (AvgIpc) is 3.36. The van der Waals surface area contributed by atoms with E-state index in [0.717, 1.165) is 0 Å². The zero-order valence-electron chi connectivity index (χ0n) is 23.9. The number of benzene rings is 1. The first-order chi connectivity index (χ1) is 20.0. The van der Waals surface area contributed by atoms with E-state index in [1.807, 2.05) is 4.90 Å². The molecule has 2 fully saturated rings. The fourth-order valence-corrected chi connectivity index (χ4v) is 4.84. The molecular formula is C28H37FN6O7. The first-order valence-corrected chi connectivity index (χ1v) is 13.7. The number of ether oxygens (including phenoxy) is 1. The van der Waals surface area contributed by atoms with Crippen LogP contribution in [0.2, 0.25) is 0 Å². The van der Waals surface area contributed by atoms with Crippen LogP contribution in [-0.4, -0.2) is 111 Å². The Morgan fingerprint density at radius 1 is 1.12 bits per heavy atom. The summed E-state index contributed by atoms with van der Waals surface area (Å²) in [5.41, 5.74) is 0.927. The molecule has 42 heavy (non-hydrogen) atoms. The zero-order valence-corrected chi connectivity index (χ0v) is 23.9. The number of carbonyl (C=O) groups is 4. The lowest BCUT2D eigenvalue weighted by atomic mass is 9.92. The number of rotatable bonds is 8. The fourth-order valence-electron chi connectivity index (χ4n) is 4.84. The van der Waals surface area contributed by atoms with Gasteiger partial charge in [-0.25, -0.2) is 18.7 Å². The molecule has 3 heterocycles. The van der Waals surface area contributed by atoms with Crippen LogP contribution in [0.4, 0.5) is 4.39 Å². The van der Waals surface area contributed by atoms with Crippen LogP contribution in [0, 0.1) is 24.6 Å². The predicted molar refractivity (Wildman–Crippen MR) is 149 cm³/mol. The summed E-state index contributed by atoms with van der Waals surface area (Å²) in [5.74, 6) is -3.07. The maximum Gasteiger partial charge on any atom is 0.328 e. The number of nitrogens with one attached hydrogen (secondary N) is 1. The molecule has 2 aromatic rings. The minimum Gasteiger partial charge on any atom is -0.478 e. The van der Waals surface area contributed by atoms with Gasteiger partial charge in [-0.2, -0.15) is 0 Å². The normalized spacial score (nSPS) is 18.8. The Labute approximate surface area is 242 Å². The lowest BCUT2D eigenvalue weighted by Crippen LogP contribution is -2.56. The summed E-state index contributed by atoms with van der Waals surface area (Å²) in [7, 11) is 0. The van der Waals surface area contributed by atoms with Crippen molar-refractivity contribution in [3.63, 3.8) is 0 Å². The van der Waals surface area contributed by atoms with E-state index in [1.54, 1.807) is 30.0 Å². The molecule has 2 aliphatic rings. The van der Waals surface area contributed by atoms with Crippen molar-refractivity contribution in [3.8, 4) is 5.69 Å². The number of amides is 2. The van der Waals surface area contributed by atoms with E-state index in [9.17, 15) is 23.6 Å². The van der Waals surface area contributed by atoms with Gasteiger partial charge in [0.05, 0.1) is 24.8 Å². The van der Waals surface area contributed by atoms with Crippen LogP contribution in [0.1, 0.15) is 36.5 Å². The van der Waals surface area contributed by atoms with Crippen LogP contribution in [0.15, 0.2) is 36.4 Å². The number of hydrogen-bond donors (Lipinski definition) is 3. The molecule has 0 saturated carbocycles. The highest BCUT2D eigenvalue weighted by Gasteiger charge is 2.36. The summed E-state index contributed by atoms with van der Waals surface area (Å²) >= 11 is 0. The third kappa shape index (κ3) is 8.66. The van der Waals surface area contributed by atoms with Gasteiger partial charge in [0.25, 0.3) is 5.91 Å². The molecule has 3 N–H and O–H groups in total. The highest BCUT2D eigenvalue weighted by molar-refractivity contribution is 5.93. The van der Waals surface area contributed by atoms with Crippen LogP contribution in [0.5, 0.6) is 0 Å². The Hall–Kier alpha value is -4.17. The number of nitrogens with zero attached hydrogens (tertiary/aromatic N) is 5. The van der Waals surface area contributed by atoms with Gasteiger partial charge >= 0.3 is 11.9 Å². The lowest BCUT2D eigenvalue weighted by Gasteiger charge is -2.40. The summed E-state index contributed by atoms with van der Waals surface area (Å²) in [4.78, 5) is 49.6. The number of aromatic nitrogens is 3. The molecule has 13 nitrogen and oxygen atoms in total. The standard InChI is InChI=1S/C24H33FN6O3.C4H4O4/c1-16(2)15-30(19-12-18(13-26-14-19)23(32)29-8-10-34-11-9-29)24(33)22-17(3)31(28-27-22)21-7-5-4-6-20(21)25;5-3(6)1-2-4(7)8/h4-7,16,18-19,26H,8-15H2,1-3H3;1-2H,(H,5,6)(H,7,8)/t18-,19+;/m1./s1. The van der Waals surface area contributed by atoms with Crippen LogP contribution in [-0.2, 0) is 19.1 Å². The minimum atomic E-state index is -1.26. The number of hydrogen-bond acceptors (Lipinski definition) is 8. The lowest BCUT2D eigenvalue weighted by molar-refractivity contribution is -0.140. The number of carboxylic acid groups (broad SMARTS) is 2. The molecule has 2 aliphatic heterocycles. The number of piperidine rings is 1. The Morgan fingerprint density at radius 3 is 2.36 bits per heavy atom. The third-order valence-corrected chi connectivity index (χ3v) is 6.81. The van der Waals surface area contributed by atoms with Gasteiger partial charge < -0.3 is 30.1 Å². The number of carboxylic acids is 2. The Kier molecular flexibility index (Phi) is 11.7. The highest BCUT2D eigenvalue weighted by Crippen LogP contribution is 2.23. The molecule has 14 heteroatoms. The van der Waals surface area contributed by atoms with Gasteiger partial charge in [0.15, 0.2) is 5.69 Å². The third-order valence-electron chi connectivity index (χ3n) is 6.81. The second-order valence-electron chi connectivity index (χ2n) is 10.4. The van der Waals surface area contributed by atoms with E-state index in [4.69, 9.17) is 14.9 Å². The van der Waals surface area contributed by atoms with Crippen molar-refractivity contribution in [1.82, 2.24) is 30.1 Å². The number of para-hydroxylation sites is 1. The molecule has 2 amide bonds. The molecule has 1 aromatic heterocycles. The van der Waals surface area contributed by atoms with E-state index in [-0.39, 0.29) is 41.1 Å². The molecule has 0 radical (unpaired) electrons. The largest absolute Gasteiger partial charge is 0.478 e. The molecule has 4 rings (SSSR count). The van der Waals surface area contributed by atoms with Crippen molar-refractivity contribution >= 4 is 23.8 Å². The fraction of sp³-hybridized carbons (Fsp3) is 0.500. The van der Waals surface area contributed by atoms with Crippen molar-refractivity contribution < 1.29 is 38.5 Å². The molecule has 228 valence electrons. The molecule has 0 bridgehead atoms. The first-order valence-electron chi connectivity index (χ1n) is 13.7. The van der Waals surface area contributed by atoms with Crippen molar-refractivity contribution in [1.29, 1.82) is 0 Å². The average molecular weight is 589 g/mol. The smallest absolute Gasteiger partial charge is 0.328 e. The number of carbonyl (C=O) groups excluding carboxylic acids is 2. The maximum atomic E-state index is 14.3. The van der Waals surface area contributed by atoms with Crippen molar-refractivity contribution in [2.45, 2.75) is 33.2 Å². The molecule has 2 saturated heterocycles. The monoisotopic (exact) mass is 588 g/mol. The highest BCUT2D eigenvalue weighted by atomic mass is 19.1. The number of halogens is 1. The SMILES string of the molecule is Cc1c(C(=O)N(CC(C)C)[C@@H]2CNC[C@H](C(=O)N3CCOCC3)C2)nnn1-c1ccccc1F.O=C(O)C=CC(=O)O. The summed E-state index contributed by atoms with van der Waals surface area (Å²) in [6.45, 7) is 9.87. The topological polar surface area (TPSA) is 167 Å². The molecular weight excluding hydrogens is 551 g/mol. The second-order valence-corrected chi connectivity index (χ2v) is 10.4. The van der Waals surface area contributed by atoms with Gasteiger partial charge in [-0.05, 0) is 31.4 Å². The van der Waals surface area contributed by atoms with Gasteiger partial charge in [0.1, 0.15) is 11.5 Å². The summed E-state index contributed by atoms with van der Waals surface area (Å²) in [6.07, 6.45) is 1.70. The minimum absolute atomic E-state index is 0.110. The van der Waals surface area contributed by atoms with E-state index < -0.39 is 17.8 Å². The summed E-state index contributed by atoms with van der Waals surface area (Å²) in [6, 6.07) is 6.11. The van der Waals surface area contributed by atoms with E-state index in [2.05, 4.69) is 29.5 Å². The summed E-state index contributed by atoms with van der Waals surface area (Å²) in [5, 5.41) is 27.2. The quantitative estimate of drug-likeness (QED) is 0.383. The predicted octanol–water partition coefficient (Wildman–Crippen LogP) is 1.36. The Balaban J connectivity index is 0.000000531. The van der Waals surface area contributed by atoms with Gasteiger partial charge in [-0.15, -0.1) is 5.10 Å². The van der Waals surface area contributed by atoms with Gasteiger partial charge in [-0.1, -0.05) is 31.2 Å². The van der Waals surface area contributed by atoms with Crippen molar-refractivity contribution in [2.75, 3.05) is 45.9 Å². The number of morpholine rings is 1. The molecule has 2 atom stereocenters. The number of aliphatic carboxylic acids is 2. The van der Waals surface area contributed by atoms with Crippen molar-refractivity contribution in [2.24, 2.45) is 11.8 Å². The first kappa shape index (κ1) is 32.3. The van der Waals surface area contributed by atoms with Gasteiger partial charge in [0, 0.05) is 50.9 Å². The van der Waals surface area contributed by atoms with E-state index in [1.165, 1.54) is 10.7 Å². The Bertz CT molecular complexity index is 1280. The van der Waals surface area contributed by atoms with Gasteiger partial charge in [-0.3, -0.25) is 9.59 Å². The van der Waals surface area contributed by atoms with Crippen LogP contribution >= 0.6 is 0 Å². The molecule has 0 unspecified atom stereocenters. The zero-order chi connectivity index (χ0) is 30.8. The molecule has 0 spiro atoms. The summed E-state index contributed by atoms with van der Waals surface area (Å²) < 4.78 is 21.1. The molecule has 1 aromatic carbocycles. The van der Waals surface area contributed by atoms with Gasteiger partial charge in [0.2, 0.25) is 5.91 Å². The van der Waals surface area contributed by atoms with Crippen LogP contribution in [0.3, 0.4) is 0 Å². The van der Waals surface area contributed by atoms with E-state index >= 15 is 0 Å². The van der Waals surface area contributed by atoms with Crippen molar-refractivity contribution in [3.05, 3.63) is 53.6 Å². The second kappa shape index (κ2) is 15.2. The van der Waals surface area contributed by atoms with Crippen LogP contribution < -0.4 is 5.32 Å². The van der Waals surface area contributed by atoms with E-state index in [0.29, 0.717) is 70.2 Å². The molecule has 0 aliphatic carbocycles. The Morgan fingerprint density at radius 2 is 1.76 bits per heavy atom. The maximum absolute atomic E-state index is 14.3. The van der Waals surface area contributed by atoms with Crippen LogP contribution in [0.25, 0.3) is 5.69 Å².